The van der Waals surface area contributed by atoms with Gasteiger partial charge in [0.25, 0.3) is 0 Å². The molecule has 4 nitrogen and oxygen atoms in total. The van der Waals surface area contributed by atoms with Gasteiger partial charge in [-0.3, -0.25) is 9.78 Å². The summed E-state index contributed by atoms with van der Waals surface area (Å²) in [6.45, 7) is 3.01. The first-order chi connectivity index (χ1) is 11.2. The summed E-state index contributed by atoms with van der Waals surface area (Å²) in [5.74, 6) is -0.0552. The molecule has 3 aromatic rings. The van der Waals surface area contributed by atoms with Gasteiger partial charge in [-0.15, -0.1) is 0 Å². The minimum absolute atomic E-state index is 0.0552. The zero-order chi connectivity index (χ0) is 16.1. The van der Waals surface area contributed by atoms with Crippen LogP contribution in [0.15, 0.2) is 60.8 Å². The van der Waals surface area contributed by atoms with Crippen molar-refractivity contribution >= 4 is 22.5 Å². The van der Waals surface area contributed by atoms with Crippen LogP contribution in [0.3, 0.4) is 0 Å². The number of anilines is 1. The van der Waals surface area contributed by atoms with Crippen molar-refractivity contribution in [3.8, 4) is 0 Å². The van der Waals surface area contributed by atoms with E-state index < -0.39 is 0 Å². The van der Waals surface area contributed by atoms with E-state index in [1.54, 1.807) is 6.20 Å². The number of pyridine rings is 1. The summed E-state index contributed by atoms with van der Waals surface area (Å²) in [5.41, 5.74) is 4.10. The lowest BCUT2D eigenvalue weighted by molar-refractivity contribution is -0.115. The summed E-state index contributed by atoms with van der Waals surface area (Å²) >= 11 is 0. The molecule has 116 valence electrons. The van der Waals surface area contributed by atoms with E-state index in [0.717, 1.165) is 16.6 Å². The molecule has 1 aromatic heterocycles. The first-order valence-corrected chi connectivity index (χ1v) is 7.61. The van der Waals surface area contributed by atoms with Crippen molar-refractivity contribution < 1.29 is 4.79 Å². The van der Waals surface area contributed by atoms with Crippen molar-refractivity contribution in [3.63, 3.8) is 0 Å². The lowest BCUT2D eigenvalue weighted by atomic mass is 10.1. The fourth-order valence-electron chi connectivity index (χ4n) is 2.38. The predicted octanol–water partition coefficient (Wildman–Crippen LogP) is 3.27. The summed E-state index contributed by atoms with van der Waals surface area (Å²) in [5, 5.41) is 7.07. The van der Waals surface area contributed by atoms with Crippen LogP contribution in [0.25, 0.3) is 10.9 Å². The van der Waals surface area contributed by atoms with E-state index in [4.69, 9.17) is 0 Å². The maximum atomic E-state index is 12.0. The van der Waals surface area contributed by atoms with Crippen LogP contribution in [0.1, 0.15) is 11.1 Å². The molecule has 0 aliphatic rings. The standard InChI is InChI=1S/C19H19N3O/c1-14-4-6-15(7-5-14)12-20-13-19(23)22-17-8-9-18-16(11-17)3-2-10-21-18/h2-11,20H,12-13H2,1H3,(H,22,23). The average Bonchev–Trinajstić information content (AvgIpc) is 2.56. The Morgan fingerprint density at radius 3 is 2.74 bits per heavy atom. The van der Waals surface area contributed by atoms with Crippen LogP contribution in [-0.4, -0.2) is 17.4 Å². The topological polar surface area (TPSA) is 54.0 Å². The maximum absolute atomic E-state index is 12.0. The van der Waals surface area contributed by atoms with Gasteiger partial charge in [-0.2, -0.15) is 0 Å². The van der Waals surface area contributed by atoms with Gasteiger partial charge in [0, 0.05) is 23.8 Å². The second-order valence-corrected chi connectivity index (χ2v) is 5.55. The Balaban J connectivity index is 1.53. The number of carbonyl (C=O) groups excluding carboxylic acids is 1. The zero-order valence-corrected chi connectivity index (χ0v) is 13.0. The molecule has 0 spiro atoms. The fourth-order valence-corrected chi connectivity index (χ4v) is 2.38. The second-order valence-electron chi connectivity index (χ2n) is 5.55. The molecule has 1 amide bonds. The van der Waals surface area contributed by atoms with Crippen molar-refractivity contribution in [1.29, 1.82) is 0 Å². The van der Waals surface area contributed by atoms with E-state index in [0.29, 0.717) is 6.54 Å². The molecule has 1 heterocycles. The lowest BCUT2D eigenvalue weighted by Gasteiger charge is -2.08. The Hall–Kier alpha value is -2.72. The van der Waals surface area contributed by atoms with Crippen molar-refractivity contribution in [1.82, 2.24) is 10.3 Å². The van der Waals surface area contributed by atoms with Gasteiger partial charge >= 0.3 is 0 Å². The first kappa shape index (κ1) is 15.2. The Morgan fingerprint density at radius 2 is 1.91 bits per heavy atom. The van der Waals surface area contributed by atoms with E-state index in [9.17, 15) is 4.79 Å². The molecule has 23 heavy (non-hydrogen) atoms. The molecular weight excluding hydrogens is 286 g/mol. The number of carbonyl (C=O) groups is 1. The zero-order valence-electron chi connectivity index (χ0n) is 13.0. The number of benzene rings is 2. The molecule has 0 saturated carbocycles. The number of aryl methyl sites for hydroxylation is 1. The molecule has 0 atom stereocenters. The Labute approximate surface area is 135 Å². The number of aromatic nitrogens is 1. The molecular formula is C19H19N3O. The highest BCUT2D eigenvalue weighted by atomic mass is 16.1. The highest BCUT2D eigenvalue weighted by Gasteiger charge is 2.03. The van der Waals surface area contributed by atoms with E-state index in [-0.39, 0.29) is 12.5 Å². The summed E-state index contributed by atoms with van der Waals surface area (Å²) < 4.78 is 0. The number of hydrogen-bond acceptors (Lipinski definition) is 3. The molecule has 3 rings (SSSR count). The number of rotatable bonds is 5. The number of nitrogens with one attached hydrogen (secondary N) is 2. The summed E-state index contributed by atoms with van der Waals surface area (Å²) in [6, 6.07) is 17.8. The molecule has 4 heteroatoms. The van der Waals surface area contributed by atoms with Crippen molar-refractivity contribution in [3.05, 3.63) is 71.9 Å². The van der Waals surface area contributed by atoms with Gasteiger partial charge in [0.2, 0.25) is 5.91 Å². The number of nitrogens with zero attached hydrogens (tertiary/aromatic N) is 1. The van der Waals surface area contributed by atoms with Crippen LogP contribution >= 0.6 is 0 Å². The fraction of sp³-hybridized carbons (Fsp3) is 0.158. The van der Waals surface area contributed by atoms with Crippen LogP contribution in [0.5, 0.6) is 0 Å². The smallest absolute Gasteiger partial charge is 0.238 e. The minimum Gasteiger partial charge on any atom is -0.325 e. The normalized spacial score (nSPS) is 10.7. The maximum Gasteiger partial charge on any atom is 0.238 e. The van der Waals surface area contributed by atoms with Crippen LogP contribution in [0, 0.1) is 6.92 Å². The molecule has 0 fully saturated rings. The number of amides is 1. The molecule has 0 aliphatic heterocycles. The van der Waals surface area contributed by atoms with Gasteiger partial charge in [-0.1, -0.05) is 35.9 Å². The molecule has 0 saturated heterocycles. The SMILES string of the molecule is Cc1ccc(CNCC(=O)Nc2ccc3ncccc3c2)cc1. The van der Waals surface area contributed by atoms with Crippen LogP contribution < -0.4 is 10.6 Å². The predicted molar refractivity (Wildman–Crippen MR) is 93.3 cm³/mol. The van der Waals surface area contributed by atoms with E-state index in [1.165, 1.54) is 11.1 Å². The van der Waals surface area contributed by atoms with Gasteiger partial charge in [0.05, 0.1) is 12.1 Å². The molecule has 0 bridgehead atoms. The second kappa shape index (κ2) is 7.03. The van der Waals surface area contributed by atoms with Gasteiger partial charge in [0.15, 0.2) is 0 Å². The van der Waals surface area contributed by atoms with Crippen LogP contribution in [0.2, 0.25) is 0 Å². The summed E-state index contributed by atoms with van der Waals surface area (Å²) in [4.78, 5) is 16.3. The van der Waals surface area contributed by atoms with Gasteiger partial charge in [0.1, 0.15) is 0 Å². The third kappa shape index (κ3) is 4.14. The summed E-state index contributed by atoms with van der Waals surface area (Å²) in [7, 11) is 0. The third-order valence-corrected chi connectivity index (χ3v) is 3.62. The molecule has 0 radical (unpaired) electrons. The van der Waals surface area contributed by atoms with Crippen molar-refractivity contribution in [2.24, 2.45) is 0 Å². The Morgan fingerprint density at radius 1 is 1.09 bits per heavy atom. The van der Waals surface area contributed by atoms with Gasteiger partial charge in [-0.25, -0.2) is 0 Å². The number of fused-ring (bicyclic) bond motifs is 1. The molecule has 2 N–H and O–H groups in total. The molecule has 2 aromatic carbocycles. The summed E-state index contributed by atoms with van der Waals surface area (Å²) in [6.07, 6.45) is 1.76. The van der Waals surface area contributed by atoms with E-state index in [2.05, 4.69) is 46.8 Å². The lowest BCUT2D eigenvalue weighted by Crippen LogP contribution is -2.27. The van der Waals surface area contributed by atoms with Gasteiger partial charge < -0.3 is 10.6 Å². The third-order valence-electron chi connectivity index (χ3n) is 3.62. The Bertz CT molecular complexity index is 812. The quantitative estimate of drug-likeness (QED) is 0.760. The highest BCUT2D eigenvalue weighted by molar-refractivity contribution is 5.94. The largest absolute Gasteiger partial charge is 0.325 e. The van der Waals surface area contributed by atoms with Crippen LogP contribution in [-0.2, 0) is 11.3 Å². The number of hydrogen-bond donors (Lipinski definition) is 2. The molecule has 0 unspecified atom stereocenters. The molecule has 0 aliphatic carbocycles. The highest BCUT2D eigenvalue weighted by Crippen LogP contribution is 2.16. The van der Waals surface area contributed by atoms with Crippen molar-refractivity contribution in [2.75, 3.05) is 11.9 Å². The minimum atomic E-state index is -0.0552. The monoisotopic (exact) mass is 305 g/mol. The van der Waals surface area contributed by atoms with E-state index >= 15 is 0 Å². The van der Waals surface area contributed by atoms with Gasteiger partial charge in [-0.05, 0) is 36.8 Å². The average molecular weight is 305 g/mol. The van der Waals surface area contributed by atoms with E-state index in [1.807, 2.05) is 30.3 Å². The van der Waals surface area contributed by atoms with Crippen LogP contribution in [0.4, 0.5) is 5.69 Å². The Kier molecular flexibility index (Phi) is 4.64. The first-order valence-electron chi connectivity index (χ1n) is 7.61. The van der Waals surface area contributed by atoms with Crippen molar-refractivity contribution in [2.45, 2.75) is 13.5 Å².